The van der Waals surface area contributed by atoms with E-state index in [1.54, 1.807) is 59.1 Å². The van der Waals surface area contributed by atoms with Gasteiger partial charge in [0.05, 0.1) is 0 Å². The van der Waals surface area contributed by atoms with Crippen molar-refractivity contribution in [3.05, 3.63) is 106 Å². The zero-order valence-corrected chi connectivity index (χ0v) is 79.0. The summed E-state index contributed by atoms with van der Waals surface area (Å²) in [6.45, 7) is 64.7. The van der Waals surface area contributed by atoms with Gasteiger partial charge >= 0.3 is 0 Å². The smallest absolute Gasteiger partial charge is 0.0110 e. The highest BCUT2D eigenvalue weighted by molar-refractivity contribution is 5.35. The lowest BCUT2D eigenvalue weighted by Gasteiger charge is -2.42. The van der Waals surface area contributed by atoms with Gasteiger partial charge in [0.2, 0.25) is 0 Å². The van der Waals surface area contributed by atoms with E-state index in [9.17, 15) is 0 Å². The summed E-state index contributed by atoms with van der Waals surface area (Å²) in [6, 6.07) is 26.8. The van der Waals surface area contributed by atoms with E-state index in [2.05, 4.69) is 260 Å². The molecule has 0 N–H and O–H groups in total. The van der Waals surface area contributed by atoms with Crippen molar-refractivity contribution >= 4 is 0 Å². The van der Waals surface area contributed by atoms with Gasteiger partial charge in [0.15, 0.2) is 0 Å². The second-order valence-electron chi connectivity index (χ2n) is 51.4. The first-order chi connectivity index (χ1) is 51.7. The van der Waals surface area contributed by atoms with Gasteiger partial charge in [-0.15, -0.1) is 0 Å². The van der Waals surface area contributed by atoms with E-state index >= 15 is 0 Å². The summed E-state index contributed by atoms with van der Waals surface area (Å²) in [4.78, 5) is 0. The normalized spacial score (nSPS) is 34.2. The number of fused-ring (bicyclic) bond motifs is 9. The van der Waals surface area contributed by atoms with Crippen LogP contribution < -0.4 is 0 Å². The first kappa shape index (κ1) is 91.0. The lowest BCUT2D eigenvalue weighted by atomic mass is 9.63. The third kappa shape index (κ3) is 26.3. The molecule has 18 unspecified atom stereocenters. The average Bonchev–Trinajstić information content (AvgIpc) is 1.62. The molecule has 0 heteroatoms. The molecule has 3 aromatic carbocycles. The van der Waals surface area contributed by atoms with E-state index in [1.165, 1.54) is 205 Å². The summed E-state index contributed by atoms with van der Waals surface area (Å²) in [5, 5.41) is 0. The summed E-state index contributed by atoms with van der Waals surface area (Å²) in [5.74, 6) is 22.2. The van der Waals surface area contributed by atoms with Gasteiger partial charge < -0.3 is 0 Å². The summed E-state index contributed by atoms with van der Waals surface area (Å²) in [6.07, 6.45) is 53.3. The summed E-state index contributed by atoms with van der Waals surface area (Å²) in [7, 11) is 0. The summed E-state index contributed by atoms with van der Waals surface area (Å²) in [5.41, 5.74) is 14.3. The fraction of sp³-hybridized carbons (Fsp3) is 0.838. The van der Waals surface area contributed by atoms with E-state index < -0.39 is 0 Å². The van der Waals surface area contributed by atoms with Crippen LogP contribution in [0, 0.1) is 167 Å². The molecule has 15 aliphatic rings. The lowest BCUT2D eigenvalue weighted by molar-refractivity contribution is 0.0792. The highest BCUT2D eigenvalue weighted by Gasteiger charge is 2.51. The Bertz CT molecular complexity index is 3210. The molecule has 0 heterocycles. The largest absolute Gasteiger partial charge is 0.0620 e. The molecule has 12 fully saturated rings. The zero-order chi connectivity index (χ0) is 81.0. The Balaban J connectivity index is 0.000000133. The summed E-state index contributed by atoms with van der Waals surface area (Å²) >= 11 is 0. The molecule has 18 atom stereocenters. The van der Waals surface area contributed by atoms with E-state index in [0.29, 0.717) is 48.7 Å². The van der Waals surface area contributed by atoms with Crippen molar-refractivity contribution < 1.29 is 0 Å². The Labute approximate surface area is 692 Å². The minimum absolute atomic E-state index is 0.413. The highest BCUT2D eigenvalue weighted by atomic mass is 14.6. The fourth-order valence-corrected chi connectivity index (χ4v) is 25.9. The second-order valence-corrected chi connectivity index (χ2v) is 51.4. The molecule has 111 heavy (non-hydrogen) atoms. The number of hydrogen-bond acceptors (Lipinski definition) is 0. The van der Waals surface area contributed by atoms with Crippen LogP contribution in [-0.2, 0) is 32.1 Å². The van der Waals surface area contributed by atoms with Gasteiger partial charge in [-0.2, -0.15) is 0 Å². The molecule has 0 aromatic heterocycles. The molecule has 0 aliphatic heterocycles. The van der Waals surface area contributed by atoms with Crippen LogP contribution in [0.1, 0.15) is 425 Å². The van der Waals surface area contributed by atoms with Crippen molar-refractivity contribution in [1.29, 1.82) is 0 Å². The molecule has 3 aromatic rings. The van der Waals surface area contributed by atoms with E-state index in [0.717, 1.165) is 124 Å². The number of rotatable bonds is 0. The fourth-order valence-electron chi connectivity index (χ4n) is 25.9. The third-order valence-corrected chi connectivity index (χ3v) is 34.4. The monoisotopic (exact) mass is 1520 g/mol. The van der Waals surface area contributed by atoms with Crippen LogP contribution in [0.15, 0.2) is 72.8 Å². The van der Waals surface area contributed by atoms with E-state index in [4.69, 9.17) is 0 Å². The molecule has 0 nitrogen and oxygen atoms in total. The molecule has 0 spiro atoms. The average molecular weight is 1520 g/mol. The SMILES string of the molecule is CC(C)(C)C1CC2CC2C1.CC(C)(C)C1CC2CCCC2C1.CC(C)(C)C1CCC2CC2C1.CC(C)(C)C1CCC2CCCC2C1.CC(C)(C)C1CCCC2CC21.CC(C)(C)C1CCCC2CCCC21.CC(C)(C)C1CCCc2ccccc21.CC(C)(C)C1CCc2ccccc2C1.CC(C)(C)C1Cc2ccccc2C1. The van der Waals surface area contributed by atoms with Crippen LogP contribution >= 0.6 is 0 Å². The van der Waals surface area contributed by atoms with Crippen LogP contribution in [0.25, 0.3) is 0 Å². The number of benzene rings is 3. The highest BCUT2D eigenvalue weighted by Crippen LogP contribution is 2.61. The Hall–Kier alpha value is -2.34. The third-order valence-electron chi connectivity index (χ3n) is 34.4. The molecule has 630 valence electrons. The minimum Gasteiger partial charge on any atom is -0.0620 e. The zero-order valence-electron chi connectivity index (χ0n) is 79.0. The number of aryl methyl sites for hydroxylation is 2. The molecular weight excluding hydrogens is 1330 g/mol. The molecule has 0 radical (unpaired) electrons. The molecule has 0 bridgehead atoms. The van der Waals surface area contributed by atoms with Crippen molar-refractivity contribution in [2.24, 2.45) is 167 Å². The van der Waals surface area contributed by atoms with Crippen molar-refractivity contribution in [2.75, 3.05) is 0 Å². The predicted molar refractivity (Wildman–Crippen MR) is 489 cm³/mol. The molecule has 0 saturated heterocycles. The van der Waals surface area contributed by atoms with Crippen LogP contribution in [0.4, 0.5) is 0 Å². The van der Waals surface area contributed by atoms with Crippen LogP contribution in [0.2, 0.25) is 0 Å². The van der Waals surface area contributed by atoms with Crippen molar-refractivity contribution in [3.8, 4) is 0 Å². The first-order valence-corrected chi connectivity index (χ1v) is 48.9. The molecule has 12 saturated carbocycles. The Kier molecular flexibility index (Phi) is 30.8. The van der Waals surface area contributed by atoms with Crippen molar-refractivity contribution in [2.45, 2.75) is 424 Å². The molecule has 0 amide bonds. The Morgan fingerprint density at radius 1 is 0.198 bits per heavy atom. The van der Waals surface area contributed by atoms with Crippen molar-refractivity contribution in [1.82, 2.24) is 0 Å². The maximum atomic E-state index is 2.44. The van der Waals surface area contributed by atoms with Gasteiger partial charge in [-0.25, -0.2) is 0 Å². The first-order valence-electron chi connectivity index (χ1n) is 48.9. The maximum absolute atomic E-state index is 2.44. The topological polar surface area (TPSA) is 0 Å². The minimum atomic E-state index is 0.413. The van der Waals surface area contributed by atoms with Gasteiger partial charge in [-0.3, -0.25) is 0 Å². The molecular formula is C111H186. The Morgan fingerprint density at radius 2 is 0.541 bits per heavy atom. The van der Waals surface area contributed by atoms with Crippen LogP contribution in [-0.4, -0.2) is 0 Å². The van der Waals surface area contributed by atoms with Gasteiger partial charge in [0, 0.05) is 0 Å². The number of hydrogen-bond donors (Lipinski definition) is 0. The van der Waals surface area contributed by atoms with Crippen LogP contribution in [0.5, 0.6) is 0 Å². The van der Waals surface area contributed by atoms with Crippen molar-refractivity contribution in [3.63, 3.8) is 0 Å². The van der Waals surface area contributed by atoms with Gasteiger partial charge in [-0.1, -0.05) is 337 Å². The van der Waals surface area contributed by atoms with Crippen LogP contribution in [0.3, 0.4) is 0 Å². The lowest BCUT2D eigenvalue weighted by Crippen LogP contribution is -2.33. The summed E-state index contributed by atoms with van der Waals surface area (Å²) < 4.78 is 0. The maximum Gasteiger partial charge on any atom is -0.0110 e. The van der Waals surface area contributed by atoms with E-state index in [-0.39, 0.29) is 0 Å². The van der Waals surface area contributed by atoms with E-state index in [1.807, 2.05) is 0 Å². The standard InChI is InChI=1S/2C14H20.2C13H24.C13H18.C12H22.2C11H20.C10H18/c1-14(2,3)13-10-6-8-11-7-4-5-9-12(11)13;1-14(2,3)13-9-8-11-6-4-5-7-12(11)10-13;1-13(2,3)12-9-5-7-10-6-4-8-11(10)12;1-13(2,3)12-8-7-10-5-4-6-11(10)9-12;1-13(2,3)12-8-10-6-4-5-7-11(10)9-12;1-12(2,3)11-7-9-5-4-6-10(9)8-11;1-11(2,3)10-5-4-8-6-9(8)7-10;1-11(2,3)10-6-4-5-8-7-9(8)10;1-10(2,3)9-5-7-4-8(7)6-9/h4-5,7,9,13H,6,8,10H2,1-3H3;4-7,13H,8-10H2,1-3H3;2*10-12H,4-9H2,1-3H3;4-7,12H,8-9H2,1-3H3;9-11H,4-8H2,1-3H3;2*8-10H,4-7H2,1-3H3;7-9H,4-6H2,1-3H3. The quantitative estimate of drug-likeness (QED) is 0.210. The molecule has 18 rings (SSSR count). The molecule has 15 aliphatic carbocycles. The van der Waals surface area contributed by atoms with Gasteiger partial charge in [0.25, 0.3) is 0 Å². The second kappa shape index (κ2) is 37.5. The predicted octanol–water partition coefficient (Wildman–Crippen LogP) is 33.8. The Morgan fingerprint density at radius 3 is 1.00 bits per heavy atom. The van der Waals surface area contributed by atoms with Gasteiger partial charge in [0.1, 0.15) is 0 Å². The van der Waals surface area contributed by atoms with Gasteiger partial charge in [-0.05, 0) is 360 Å².